The molecule has 0 fully saturated rings. The molecule has 0 amide bonds. The number of aryl methyl sites for hydroxylation is 1. The van der Waals surface area contributed by atoms with Crippen LogP contribution in [0.3, 0.4) is 0 Å². The van der Waals surface area contributed by atoms with Gasteiger partial charge in [-0.15, -0.1) is 0 Å². The molecule has 1 aromatic rings. The van der Waals surface area contributed by atoms with E-state index in [4.69, 9.17) is 5.73 Å². The first-order valence-corrected chi connectivity index (χ1v) is 5.68. The Morgan fingerprint density at radius 2 is 1.93 bits per heavy atom. The highest BCUT2D eigenvalue weighted by Gasteiger charge is 2.16. The van der Waals surface area contributed by atoms with Crippen LogP contribution in [0.4, 0.5) is 0 Å². The molecule has 2 unspecified atom stereocenters. The molecular formula is C13H22N2. The van der Waals surface area contributed by atoms with Gasteiger partial charge in [0.15, 0.2) is 0 Å². The first-order chi connectivity index (χ1) is 7.00. The molecule has 0 radical (unpaired) electrons. The third-order valence-corrected chi connectivity index (χ3v) is 3.14. The van der Waals surface area contributed by atoms with Crippen molar-refractivity contribution >= 4 is 0 Å². The molecule has 0 bridgehead atoms. The fourth-order valence-electron chi connectivity index (χ4n) is 1.54. The van der Waals surface area contributed by atoms with Crippen molar-refractivity contribution in [3.63, 3.8) is 0 Å². The van der Waals surface area contributed by atoms with Crippen molar-refractivity contribution in [1.82, 2.24) is 4.98 Å². The summed E-state index contributed by atoms with van der Waals surface area (Å²) in [6.07, 6.45) is 2.78. The van der Waals surface area contributed by atoms with Crippen LogP contribution in [0, 0.1) is 18.8 Å². The Morgan fingerprint density at radius 1 is 1.27 bits per heavy atom. The quantitative estimate of drug-likeness (QED) is 0.822. The van der Waals surface area contributed by atoms with E-state index in [2.05, 4.69) is 37.9 Å². The van der Waals surface area contributed by atoms with Crippen molar-refractivity contribution in [2.45, 2.75) is 40.2 Å². The van der Waals surface area contributed by atoms with E-state index >= 15 is 0 Å². The van der Waals surface area contributed by atoms with Crippen molar-refractivity contribution in [2.24, 2.45) is 17.6 Å². The second-order valence-electron chi connectivity index (χ2n) is 4.80. The predicted octanol–water partition coefficient (Wildman–Crippen LogP) is 2.55. The average Bonchev–Trinajstić information content (AvgIpc) is 2.20. The molecule has 0 aliphatic carbocycles. The van der Waals surface area contributed by atoms with Crippen LogP contribution in [0.1, 0.15) is 32.0 Å². The molecule has 1 aromatic heterocycles. The lowest BCUT2D eigenvalue weighted by Gasteiger charge is -2.22. The minimum Gasteiger partial charge on any atom is -0.327 e. The molecule has 1 heterocycles. The van der Waals surface area contributed by atoms with E-state index in [1.165, 1.54) is 5.56 Å². The topological polar surface area (TPSA) is 38.9 Å². The molecule has 0 saturated heterocycles. The Hall–Kier alpha value is -0.890. The van der Waals surface area contributed by atoms with Gasteiger partial charge < -0.3 is 5.73 Å². The average molecular weight is 206 g/mol. The van der Waals surface area contributed by atoms with Crippen LogP contribution in [0.5, 0.6) is 0 Å². The van der Waals surface area contributed by atoms with Crippen molar-refractivity contribution in [3.05, 3.63) is 29.6 Å². The molecule has 0 spiro atoms. The van der Waals surface area contributed by atoms with Gasteiger partial charge in [-0.05, 0) is 30.4 Å². The van der Waals surface area contributed by atoms with Crippen LogP contribution >= 0.6 is 0 Å². The van der Waals surface area contributed by atoms with Crippen LogP contribution in [0.25, 0.3) is 0 Å². The summed E-state index contributed by atoms with van der Waals surface area (Å²) >= 11 is 0. The summed E-state index contributed by atoms with van der Waals surface area (Å²) in [6, 6.07) is 4.37. The van der Waals surface area contributed by atoms with Crippen molar-refractivity contribution in [1.29, 1.82) is 0 Å². The maximum Gasteiger partial charge on any atom is 0.0419 e. The Bertz CT molecular complexity index is 290. The van der Waals surface area contributed by atoms with Crippen LogP contribution < -0.4 is 5.73 Å². The summed E-state index contributed by atoms with van der Waals surface area (Å²) in [6.45, 7) is 8.69. The lowest BCUT2D eigenvalue weighted by molar-refractivity contribution is 0.343. The fraction of sp³-hybridized carbons (Fsp3) is 0.615. The van der Waals surface area contributed by atoms with E-state index in [0.29, 0.717) is 11.8 Å². The normalized spacial score (nSPS) is 15.3. The molecule has 2 nitrogen and oxygen atoms in total. The summed E-state index contributed by atoms with van der Waals surface area (Å²) in [5, 5.41) is 0. The Morgan fingerprint density at radius 3 is 2.40 bits per heavy atom. The second-order valence-corrected chi connectivity index (χ2v) is 4.80. The van der Waals surface area contributed by atoms with E-state index in [-0.39, 0.29) is 6.04 Å². The van der Waals surface area contributed by atoms with Gasteiger partial charge in [0.2, 0.25) is 0 Å². The minimum atomic E-state index is 0.209. The molecule has 2 atom stereocenters. The van der Waals surface area contributed by atoms with E-state index in [1.54, 1.807) is 0 Å². The van der Waals surface area contributed by atoms with Crippen LogP contribution in [-0.4, -0.2) is 11.0 Å². The highest BCUT2D eigenvalue weighted by Crippen LogP contribution is 2.15. The predicted molar refractivity (Wildman–Crippen MR) is 64.7 cm³/mol. The Kier molecular flexibility index (Phi) is 4.28. The Balaban J connectivity index is 2.58. The molecule has 0 aliphatic rings. The van der Waals surface area contributed by atoms with Gasteiger partial charge in [0, 0.05) is 24.4 Å². The lowest BCUT2D eigenvalue weighted by atomic mass is 9.88. The largest absolute Gasteiger partial charge is 0.327 e. The van der Waals surface area contributed by atoms with Crippen LogP contribution in [0.2, 0.25) is 0 Å². The lowest BCUT2D eigenvalue weighted by Crippen LogP contribution is -2.33. The third-order valence-electron chi connectivity index (χ3n) is 3.14. The molecule has 0 aliphatic heterocycles. The zero-order valence-corrected chi connectivity index (χ0v) is 10.2. The molecule has 2 heteroatoms. The number of hydrogen-bond donors (Lipinski definition) is 1. The van der Waals surface area contributed by atoms with E-state index < -0.39 is 0 Å². The third kappa shape index (κ3) is 3.63. The van der Waals surface area contributed by atoms with Crippen molar-refractivity contribution < 1.29 is 0 Å². The molecule has 84 valence electrons. The number of nitrogens with two attached hydrogens (primary N) is 1. The number of hydrogen-bond acceptors (Lipinski definition) is 2. The van der Waals surface area contributed by atoms with Gasteiger partial charge in [-0.25, -0.2) is 0 Å². The first-order valence-electron chi connectivity index (χ1n) is 5.68. The summed E-state index contributed by atoms with van der Waals surface area (Å²) in [4.78, 5) is 4.38. The SMILES string of the molecule is Cc1ccc(CC(N)C(C)C(C)C)nc1. The molecule has 2 N–H and O–H groups in total. The van der Waals surface area contributed by atoms with Crippen molar-refractivity contribution in [2.75, 3.05) is 0 Å². The highest BCUT2D eigenvalue weighted by atomic mass is 14.7. The van der Waals surface area contributed by atoms with Gasteiger partial charge in [0.05, 0.1) is 0 Å². The maximum atomic E-state index is 6.15. The van der Waals surface area contributed by atoms with Gasteiger partial charge in [0.25, 0.3) is 0 Å². The smallest absolute Gasteiger partial charge is 0.0419 e. The van der Waals surface area contributed by atoms with Crippen molar-refractivity contribution in [3.8, 4) is 0 Å². The highest BCUT2D eigenvalue weighted by molar-refractivity contribution is 5.13. The molecular weight excluding hydrogens is 184 g/mol. The minimum absolute atomic E-state index is 0.209. The monoisotopic (exact) mass is 206 g/mol. The summed E-state index contributed by atoms with van der Waals surface area (Å²) in [5.74, 6) is 1.17. The zero-order chi connectivity index (χ0) is 11.4. The van der Waals surface area contributed by atoms with E-state index in [9.17, 15) is 0 Å². The van der Waals surface area contributed by atoms with Gasteiger partial charge in [-0.2, -0.15) is 0 Å². The maximum absolute atomic E-state index is 6.15. The number of nitrogens with zero attached hydrogens (tertiary/aromatic N) is 1. The standard InChI is InChI=1S/C13H22N2/c1-9(2)11(4)13(14)7-12-6-5-10(3)8-15-12/h5-6,8-9,11,13H,7,14H2,1-4H3. The fourth-order valence-corrected chi connectivity index (χ4v) is 1.54. The zero-order valence-electron chi connectivity index (χ0n) is 10.2. The number of rotatable bonds is 4. The molecule has 0 aromatic carbocycles. The summed E-state index contributed by atoms with van der Waals surface area (Å²) < 4.78 is 0. The molecule has 0 saturated carbocycles. The van der Waals surface area contributed by atoms with E-state index in [0.717, 1.165) is 12.1 Å². The van der Waals surface area contributed by atoms with Crippen LogP contribution in [0.15, 0.2) is 18.3 Å². The van der Waals surface area contributed by atoms with Crippen LogP contribution in [-0.2, 0) is 6.42 Å². The van der Waals surface area contributed by atoms with E-state index in [1.807, 2.05) is 13.1 Å². The van der Waals surface area contributed by atoms with Gasteiger partial charge in [0.1, 0.15) is 0 Å². The summed E-state index contributed by atoms with van der Waals surface area (Å²) in [7, 11) is 0. The number of aromatic nitrogens is 1. The van der Waals surface area contributed by atoms with Gasteiger partial charge in [-0.3, -0.25) is 4.98 Å². The second kappa shape index (κ2) is 5.26. The summed E-state index contributed by atoms with van der Waals surface area (Å²) in [5.41, 5.74) is 8.44. The molecule has 15 heavy (non-hydrogen) atoms. The Labute approximate surface area is 92.9 Å². The first kappa shape index (κ1) is 12.2. The van der Waals surface area contributed by atoms with Gasteiger partial charge in [-0.1, -0.05) is 26.8 Å². The van der Waals surface area contributed by atoms with Gasteiger partial charge >= 0.3 is 0 Å². The molecule has 1 rings (SSSR count). The number of pyridine rings is 1.